The maximum absolute atomic E-state index is 12.6. The van der Waals surface area contributed by atoms with E-state index in [0.29, 0.717) is 12.3 Å². The minimum Gasteiger partial charge on any atom is -0.369 e. The van der Waals surface area contributed by atoms with Gasteiger partial charge in [0.05, 0.1) is 11.9 Å². The fraction of sp³-hybridized carbons (Fsp3) is 0.0800. The number of nitrogens with zero attached hydrogens (tertiary/aromatic N) is 2. The number of carbonyl (C=O) groups excluding carboxylic acids is 1. The molecular formula is C25H19CdFN3O+. The molecule has 31 heavy (non-hydrogen) atoms. The Labute approximate surface area is 201 Å². The van der Waals surface area contributed by atoms with Gasteiger partial charge in [0, 0.05) is 18.4 Å². The van der Waals surface area contributed by atoms with E-state index in [2.05, 4.69) is 22.3 Å². The Morgan fingerprint density at radius 3 is 2.23 bits per heavy atom. The molecule has 5 rings (SSSR count). The van der Waals surface area contributed by atoms with Crippen molar-refractivity contribution >= 4 is 23.7 Å². The maximum Gasteiger partial charge on any atom is 2.00 e. The number of amides is 1. The molecule has 2 aliphatic heterocycles. The summed E-state index contributed by atoms with van der Waals surface area (Å²) in [6.45, 7) is 0. The fourth-order valence-electron chi connectivity index (χ4n) is 3.13. The van der Waals surface area contributed by atoms with E-state index in [4.69, 9.17) is 0 Å². The van der Waals surface area contributed by atoms with Crippen molar-refractivity contribution in [2.45, 2.75) is 12.5 Å². The molecule has 0 saturated carbocycles. The second kappa shape index (κ2) is 10.9. The molecule has 1 atom stereocenters. The topological polar surface area (TPSA) is 46.6 Å². The second-order valence-electron chi connectivity index (χ2n) is 6.74. The van der Waals surface area contributed by atoms with E-state index in [1.54, 1.807) is 11.1 Å². The van der Waals surface area contributed by atoms with Crippen LogP contribution in [0, 0.1) is 11.9 Å². The van der Waals surface area contributed by atoms with Crippen molar-refractivity contribution < 1.29 is 41.5 Å². The molecule has 4 nitrogen and oxygen atoms in total. The first-order chi connectivity index (χ1) is 14.7. The van der Waals surface area contributed by atoms with Crippen molar-refractivity contribution in [3.05, 3.63) is 114 Å². The smallest absolute Gasteiger partial charge is 0.369 e. The Balaban J connectivity index is 0.000000292. The van der Waals surface area contributed by atoms with Gasteiger partial charge in [0.25, 0.3) is 5.91 Å². The predicted molar refractivity (Wildman–Crippen MR) is 114 cm³/mol. The molecule has 0 aliphatic carbocycles. The van der Waals surface area contributed by atoms with Gasteiger partial charge in [0.1, 0.15) is 11.9 Å². The van der Waals surface area contributed by atoms with Crippen molar-refractivity contribution in [3.63, 3.8) is 0 Å². The van der Waals surface area contributed by atoms with Crippen LogP contribution in [0.1, 0.15) is 11.1 Å². The van der Waals surface area contributed by atoms with Crippen LogP contribution in [0.15, 0.2) is 96.1 Å². The number of fused-ring (bicyclic) bond motifs is 1. The van der Waals surface area contributed by atoms with E-state index in [9.17, 15) is 9.18 Å². The first kappa shape index (κ1) is 22.7. The first-order valence-electron chi connectivity index (χ1n) is 9.56. The molecule has 1 unspecified atom stereocenters. The van der Waals surface area contributed by atoms with E-state index >= 15 is 0 Å². The fourth-order valence-corrected chi connectivity index (χ4v) is 3.13. The average Bonchev–Trinajstić information content (AvgIpc) is 3.11. The third-order valence-corrected chi connectivity index (χ3v) is 4.63. The number of benzene rings is 3. The number of carbonyl (C=O) groups is 1. The quantitative estimate of drug-likeness (QED) is 0.429. The van der Waals surface area contributed by atoms with E-state index in [-0.39, 0.29) is 45.1 Å². The molecule has 0 spiro atoms. The predicted octanol–water partition coefficient (Wildman–Crippen LogP) is 2.50. The van der Waals surface area contributed by atoms with Crippen molar-refractivity contribution in [1.82, 2.24) is 4.90 Å². The molecule has 0 aromatic heterocycles. The van der Waals surface area contributed by atoms with Crippen LogP contribution >= 0.6 is 0 Å². The Morgan fingerprint density at radius 1 is 0.968 bits per heavy atom. The molecule has 0 saturated heterocycles. The normalized spacial score (nSPS) is 16.4. The molecule has 0 fully saturated rings. The molecule has 0 bridgehead atoms. The molecule has 2 heterocycles. The van der Waals surface area contributed by atoms with Gasteiger partial charge >= 0.3 is 27.3 Å². The summed E-state index contributed by atoms with van der Waals surface area (Å²) in [6, 6.07) is 27.9. The summed E-state index contributed by atoms with van der Waals surface area (Å²) in [7, 11) is 0. The van der Waals surface area contributed by atoms with Gasteiger partial charge in [-0.25, -0.2) is 4.39 Å². The molecule has 3 aromatic rings. The standard InChI is InChI=1S/C19H15N3O.C6H4F.Cd/c23-19-16(11-14-7-3-1-4-8-14)21-18-12-20-17(13-22(18)19)15-9-5-2-6-10-15;7-6-4-2-1-3-5-6;/h1-10,13,16,20H,11H2;2-5H;/q;-1;+2. The molecule has 148 valence electrons. The van der Waals surface area contributed by atoms with Crippen LogP contribution in [0.5, 0.6) is 0 Å². The number of rotatable bonds is 3. The number of halogens is 1. The summed E-state index contributed by atoms with van der Waals surface area (Å²) >= 11 is 0. The van der Waals surface area contributed by atoms with Crippen LogP contribution in [0.25, 0.3) is 5.70 Å². The SMILES string of the molecule is Fc1cc[c-]cc1.O=C1C(Cc2ccccc2)N=C2[C-]=[NH+]C(c3ccccc3)=CN12.[Cd+2]. The van der Waals surface area contributed by atoms with E-state index in [1.165, 1.54) is 24.3 Å². The van der Waals surface area contributed by atoms with Crippen molar-refractivity contribution in [3.8, 4) is 0 Å². The zero-order valence-corrected chi connectivity index (χ0v) is 20.9. The third kappa shape index (κ3) is 5.82. The van der Waals surface area contributed by atoms with Crippen LogP contribution in [0.4, 0.5) is 4.39 Å². The van der Waals surface area contributed by atoms with Gasteiger partial charge in [0.15, 0.2) is 0 Å². The van der Waals surface area contributed by atoms with Crippen molar-refractivity contribution in [2.24, 2.45) is 4.99 Å². The molecule has 2 aliphatic rings. The Hall–Kier alpha value is -2.94. The van der Waals surface area contributed by atoms with E-state index in [1.807, 2.05) is 60.7 Å². The number of hydrogen-bond acceptors (Lipinski definition) is 2. The Morgan fingerprint density at radius 2 is 1.61 bits per heavy atom. The van der Waals surface area contributed by atoms with Crippen molar-refractivity contribution in [1.29, 1.82) is 0 Å². The van der Waals surface area contributed by atoms with Gasteiger partial charge in [-0.2, -0.15) is 18.2 Å². The summed E-state index contributed by atoms with van der Waals surface area (Å²) in [5, 5.41) is 0. The van der Waals surface area contributed by atoms with Crippen molar-refractivity contribution in [2.75, 3.05) is 0 Å². The van der Waals surface area contributed by atoms with Gasteiger partial charge in [0.2, 0.25) is 0 Å². The Kier molecular flexibility index (Phi) is 8.00. The average molecular weight is 509 g/mol. The van der Waals surface area contributed by atoms with Crippen LogP contribution in [-0.4, -0.2) is 28.9 Å². The summed E-state index contributed by atoms with van der Waals surface area (Å²) in [5.41, 5.74) is 2.96. The minimum atomic E-state index is -0.381. The summed E-state index contributed by atoms with van der Waals surface area (Å²) in [6.07, 6.45) is 5.42. The summed E-state index contributed by atoms with van der Waals surface area (Å²) < 4.78 is 11.9. The largest absolute Gasteiger partial charge is 2.00 e. The molecule has 6 heteroatoms. The second-order valence-corrected chi connectivity index (χ2v) is 6.74. The summed E-state index contributed by atoms with van der Waals surface area (Å²) in [5.74, 6) is 0.334. The molecule has 3 aromatic carbocycles. The number of hydrogen-bond donors (Lipinski definition) is 1. The number of aliphatic imine (C=N–C) groups is 1. The van der Waals surface area contributed by atoms with Crippen LogP contribution in [0.2, 0.25) is 0 Å². The molecular weight excluding hydrogens is 490 g/mol. The monoisotopic (exact) mass is 510 g/mol. The molecule has 0 radical (unpaired) electrons. The van der Waals surface area contributed by atoms with Crippen LogP contribution < -0.4 is 4.99 Å². The van der Waals surface area contributed by atoms with Gasteiger partial charge in [-0.3, -0.25) is 14.7 Å². The molecule has 1 N–H and O–H groups in total. The maximum atomic E-state index is 12.6. The zero-order chi connectivity index (χ0) is 20.8. The number of amidine groups is 1. The molecule has 1 amide bonds. The van der Waals surface area contributed by atoms with Gasteiger partial charge < -0.3 is 4.99 Å². The zero-order valence-electron chi connectivity index (χ0n) is 16.8. The number of nitrogens with one attached hydrogen (secondary N) is 1. The van der Waals surface area contributed by atoms with Crippen LogP contribution in [0.3, 0.4) is 0 Å². The Bertz CT molecular complexity index is 1100. The van der Waals surface area contributed by atoms with Gasteiger partial charge in [-0.1, -0.05) is 60.7 Å². The third-order valence-electron chi connectivity index (χ3n) is 4.63. The van der Waals surface area contributed by atoms with Crippen LogP contribution in [-0.2, 0) is 38.5 Å². The summed E-state index contributed by atoms with van der Waals surface area (Å²) in [4.78, 5) is 21.8. The van der Waals surface area contributed by atoms with E-state index in [0.717, 1.165) is 16.8 Å². The minimum absolute atomic E-state index is 0. The van der Waals surface area contributed by atoms with Gasteiger partial charge in [-0.05, 0) is 11.1 Å². The first-order valence-corrected chi connectivity index (χ1v) is 9.56. The van der Waals surface area contributed by atoms with Gasteiger partial charge in [-0.15, -0.1) is 12.1 Å². The van der Waals surface area contributed by atoms with E-state index < -0.39 is 0 Å².